The fraction of sp³-hybridized carbons (Fsp3) is 0.481. The number of ether oxygens (including phenoxy) is 3. The van der Waals surface area contributed by atoms with Gasteiger partial charge in [-0.25, -0.2) is 9.78 Å². The number of pyridine rings is 1. The van der Waals surface area contributed by atoms with Crippen LogP contribution in [0.15, 0.2) is 30.5 Å². The summed E-state index contributed by atoms with van der Waals surface area (Å²) in [6, 6.07) is 4.17. The van der Waals surface area contributed by atoms with Crippen molar-refractivity contribution in [1.82, 2.24) is 4.98 Å². The number of aromatic nitrogens is 1. The fourth-order valence-electron chi connectivity index (χ4n) is 4.58. The molecule has 1 aliphatic carbocycles. The zero-order chi connectivity index (χ0) is 28.0. The van der Waals surface area contributed by atoms with E-state index in [-0.39, 0.29) is 47.3 Å². The monoisotopic (exact) mass is 536 g/mol. The van der Waals surface area contributed by atoms with Gasteiger partial charge in [0.05, 0.1) is 31.0 Å². The summed E-state index contributed by atoms with van der Waals surface area (Å²) in [5.74, 6) is -1.59. The van der Waals surface area contributed by atoms with Gasteiger partial charge >= 0.3 is 12.1 Å². The van der Waals surface area contributed by atoms with Crippen LogP contribution in [0.25, 0.3) is 0 Å². The molecule has 1 amide bonds. The van der Waals surface area contributed by atoms with Crippen molar-refractivity contribution < 1.29 is 41.8 Å². The lowest BCUT2D eigenvalue weighted by Crippen LogP contribution is -2.46. The predicted molar refractivity (Wildman–Crippen MR) is 132 cm³/mol. The predicted octanol–water partition coefficient (Wildman–Crippen LogP) is 5.69. The number of benzene rings is 1. The van der Waals surface area contributed by atoms with E-state index in [0.29, 0.717) is 24.8 Å². The van der Waals surface area contributed by atoms with E-state index in [1.165, 1.54) is 30.2 Å². The van der Waals surface area contributed by atoms with Crippen molar-refractivity contribution in [3.8, 4) is 11.6 Å². The molecule has 1 fully saturated rings. The maximum atomic E-state index is 13.7. The van der Waals surface area contributed by atoms with Gasteiger partial charge in [-0.1, -0.05) is 6.92 Å². The minimum absolute atomic E-state index is 0.0662. The molecule has 11 heteroatoms. The van der Waals surface area contributed by atoms with Crippen LogP contribution >= 0.6 is 0 Å². The molecule has 0 saturated heterocycles. The van der Waals surface area contributed by atoms with Crippen LogP contribution in [0.5, 0.6) is 11.6 Å². The summed E-state index contributed by atoms with van der Waals surface area (Å²) in [7, 11) is 2.66. The van der Waals surface area contributed by atoms with Gasteiger partial charge in [-0.15, -0.1) is 0 Å². The van der Waals surface area contributed by atoms with Gasteiger partial charge < -0.3 is 19.1 Å². The first-order valence-corrected chi connectivity index (χ1v) is 12.2. The molecule has 1 aromatic carbocycles. The number of hydrogen-bond acceptors (Lipinski definition) is 7. The Morgan fingerprint density at radius 2 is 1.84 bits per heavy atom. The molecule has 2 aromatic rings. The molecular weight excluding hydrogens is 505 g/mol. The summed E-state index contributed by atoms with van der Waals surface area (Å²) in [5, 5.41) is 0. The van der Waals surface area contributed by atoms with Crippen molar-refractivity contribution in [2.24, 2.45) is 11.8 Å². The van der Waals surface area contributed by atoms with E-state index in [2.05, 4.69) is 11.9 Å². The first-order valence-electron chi connectivity index (χ1n) is 12.2. The largest absolute Gasteiger partial charge is 0.465 e. The number of methoxy groups -OCH3 is 2. The number of carbonyl (C=O) groups excluding carboxylic acids is 3. The Morgan fingerprint density at radius 3 is 2.42 bits per heavy atom. The molecule has 0 N–H and O–H groups in total. The lowest BCUT2D eigenvalue weighted by Gasteiger charge is -2.35. The van der Waals surface area contributed by atoms with Crippen LogP contribution in [0.4, 0.5) is 18.9 Å². The summed E-state index contributed by atoms with van der Waals surface area (Å²) in [6.45, 7) is 4.12. The number of nitrogens with zero attached hydrogens (tertiary/aromatic N) is 2. The van der Waals surface area contributed by atoms with Gasteiger partial charge in [0.25, 0.3) is 0 Å². The molecule has 1 atom stereocenters. The molecule has 0 aliphatic heterocycles. The second-order valence-electron chi connectivity index (χ2n) is 9.48. The normalized spacial score (nSPS) is 18.4. The minimum atomic E-state index is -4.84. The molecule has 38 heavy (non-hydrogen) atoms. The van der Waals surface area contributed by atoms with Crippen LogP contribution in [0.2, 0.25) is 0 Å². The van der Waals surface area contributed by atoms with Crippen molar-refractivity contribution in [2.45, 2.75) is 51.7 Å². The fourth-order valence-corrected chi connectivity index (χ4v) is 4.58. The van der Waals surface area contributed by atoms with E-state index >= 15 is 0 Å². The number of hydrogen-bond donors (Lipinski definition) is 0. The molecule has 1 saturated carbocycles. The van der Waals surface area contributed by atoms with Crippen LogP contribution in [0, 0.1) is 11.8 Å². The Morgan fingerprint density at radius 1 is 1.16 bits per heavy atom. The van der Waals surface area contributed by atoms with E-state index in [0.717, 1.165) is 26.1 Å². The Labute approximate surface area is 219 Å². The van der Waals surface area contributed by atoms with Gasteiger partial charge in [-0.2, -0.15) is 13.2 Å². The number of rotatable bonds is 9. The molecule has 1 aliphatic rings. The average molecular weight is 537 g/mol. The molecule has 1 heterocycles. The second-order valence-corrected chi connectivity index (χ2v) is 9.48. The lowest BCUT2D eigenvalue weighted by molar-refractivity contribution is -0.138. The highest BCUT2D eigenvalue weighted by molar-refractivity contribution is 6.04. The van der Waals surface area contributed by atoms with Crippen LogP contribution in [-0.2, 0) is 20.4 Å². The van der Waals surface area contributed by atoms with Gasteiger partial charge in [0, 0.05) is 24.8 Å². The summed E-state index contributed by atoms with van der Waals surface area (Å²) in [5.41, 5.74) is -1.35. The molecule has 0 radical (unpaired) electrons. The Bertz CT molecular complexity index is 1160. The third-order valence-electron chi connectivity index (χ3n) is 6.61. The van der Waals surface area contributed by atoms with Gasteiger partial charge in [0.1, 0.15) is 11.3 Å². The Hall–Kier alpha value is -3.47. The smallest absolute Gasteiger partial charge is 0.421 e. The van der Waals surface area contributed by atoms with Crippen LogP contribution in [-0.4, -0.2) is 50.0 Å². The molecule has 206 valence electrons. The average Bonchev–Trinajstić information content (AvgIpc) is 2.89. The number of amides is 1. The Balaban J connectivity index is 2.05. The second kappa shape index (κ2) is 12.4. The highest BCUT2D eigenvalue weighted by Gasteiger charge is 2.37. The van der Waals surface area contributed by atoms with E-state index < -0.39 is 29.6 Å². The number of esters is 1. The molecule has 0 bridgehead atoms. The van der Waals surface area contributed by atoms with Crippen molar-refractivity contribution in [3.05, 3.63) is 47.2 Å². The number of halogens is 3. The van der Waals surface area contributed by atoms with Crippen molar-refractivity contribution in [1.29, 1.82) is 0 Å². The molecular formula is C27H31F3N2O6. The van der Waals surface area contributed by atoms with E-state index in [9.17, 15) is 27.6 Å². The van der Waals surface area contributed by atoms with Crippen molar-refractivity contribution in [2.75, 3.05) is 25.7 Å². The van der Waals surface area contributed by atoms with Gasteiger partial charge in [0.2, 0.25) is 11.8 Å². The highest BCUT2D eigenvalue weighted by atomic mass is 19.4. The maximum Gasteiger partial charge on any atom is 0.421 e. The van der Waals surface area contributed by atoms with Crippen LogP contribution < -0.4 is 9.64 Å². The van der Waals surface area contributed by atoms with Gasteiger partial charge in [-0.3, -0.25) is 9.59 Å². The SMILES string of the molecule is COC[C@H](C)N(C(=O)C1CCC(C)CC1)c1ccc(Oc2ncc(C=O)cc2C(F)(F)F)cc1C(=O)OC. The Kier molecular flexibility index (Phi) is 9.48. The van der Waals surface area contributed by atoms with E-state index in [1.807, 2.05) is 0 Å². The molecule has 0 unspecified atom stereocenters. The third kappa shape index (κ3) is 6.69. The molecule has 0 spiro atoms. The third-order valence-corrected chi connectivity index (χ3v) is 6.61. The summed E-state index contributed by atoms with van der Waals surface area (Å²) in [4.78, 5) is 42.6. The quantitative estimate of drug-likeness (QED) is 0.300. The molecule has 1 aromatic heterocycles. The highest BCUT2D eigenvalue weighted by Crippen LogP contribution is 2.39. The molecule has 8 nitrogen and oxygen atoms in total. The van der Waals surface area contributed by atoms with Crippen molar-refractivity contribution in [3.63, 3.8) is 0 Å². The number of alkyl halides is 3. The van der Waals surface area contributed by atoms with E-state index in [4.69, 9.17) is 14.2 Å². The summed E-state index contributed by atoms with van der Waals surface area (Å²) < 4.78 is 56.4. The van der Waals surface area contributed by atoms with Crippen LogP contribution in [0.1, 0.15) is 65.8 Å². The summed E-state index contributed by atoms with van der Waals surface area (Å²) >= 11 is 0. The first-order chi connectivity index (χ1) is 18.0. The molecule has 3 rings (SSSR count). The van der Waals surface area contributed by atoms with E-state index in [1.54, 1.807) is 6.92 Å². The zero-order valence-corrected chi connectivity index (χ0v) is 21.7. The number of carbonyl (C=O) groups is 3. The number of aldehydes is 1. The first kappa shape index (κ1) is 29.1. The topological polar surface area (TPSA) is 95.0 Å². The standard InChI is InChI=1S/C27H31F3N2O6/c1-16-5-7-19(8-6-16)25(34)32(17(2)15-36-3)23-10-9-20(12-21(23)26(35)37-4)38-24-22(27(28,29)30)11-18(14-33)13-31-24/h9-14,16-17,19H,5-8,15H2,1-4H3/t16?,17-,19?/m0/s1. The lowest BCUT2D eigenvalue weighted by atomic mass is 9.82. The zero-order valence-electron chi connectivity index (χ0n) is 21.7. The van der Waals surface area contributed by atoms with Gasteiger partial charge in [0.15, 0.2) is 6.29 Å². The van der Waals surface area contributed by atoms with Crippen molar-refractivity contribution >= 4 is 23.9 Å². The van der Waals surface area contributed by atoms with Crippen LogP contribution in [0.3, 0.4) is 0 Å². The maximum absolute atomic E-state index is 13.7. The number of anilines is 1. The summed E-state index contributed by atoms with van der Waals surface area (Å²) in [6.07, 6.45) is -0.390. The van der Waals surface area contributed by atoms with Gasteiger partial charge in [-0.05, 0) is 62.8 Å². The minimum Gasteiger partial charge on any atom is -0.465 e.